The normalized spacial score (nSPS) is 16.8. The zero-order valence-corrected chi connectivity index (χ0v) is 13.6. The van der Waals surface area contributed by atoms with E-state index in [4.69, 9.17) is 0 Å². The lowest BCUT2D eigenvalue weighted by Gasteiger charge is -2.32. The molecular formula is C19H20F2N2O. The van der Waals surface area contributed by atoms with Gasteiger partial charge in [-0.2, -0.15) is 0 Å². The minimum absolute atomic E-state index is 0.120. The summed E-state index contributed by atoms with van der Waals surface area (Å²) in [7, 11) is 1.88. The van der Waals surface area contributed by atoms with Crippen molar-refractivity contribution in [3.05, 3.63) is 65.2 Å². The number of nitrogens with zero attached hydrogens (tertiary/aromatic N) is 1. The highest BCUT2D eigenvalue weighted by atomic mass is 19.1. The number of carbonyl (C=O) groups is 1. The van der Waals surface area contributed by atoms with E-state index in [0.717, 1.165) is 37.5 Å². The smallest absolute Gasteiger partial charge is 0.238 e. The third-order valence-electron chi connectivity index (χ3n) is 4.47. The first-order valence-corrected chi connectivity index (χ1v) is 8.07. The Kier molecular flexibility index (Phi) is 4.90. The van der Waals surface area contributed by atoms with Crippen LogP contribution >= 0.6 is 0 Å². The van der Waals surface area contributed by atoms with E-state index in [2.05, 4.69) is 17.4 Å². The minimum atomic E-state index is -0.643. The molecule has 1 aliphatic rings. The second-order valence-corrected chi connectivity index (χ2v) is 6.19. The molecule has 0 bridgehead atoms. The molecule has 0 aliphatic heterocycles. The molecule has 0 heterocycles. The monoisotopic (exact) mass is 330 g/mol. The van der Waals surface area contributed by atoms with E-state index < -0.39 is 11.6 Å². The topological polar surface area (TPSA) is 32.3 Å². The third kappa shape index (κ3) is 3.62. The number of benzene rings is 2. The zero-order chi connectivity index (χ0) is 17.1. The van der Waals surface area contributed by atoms with E-state index in [9.17, 15) is 13.6 Å². The molecule has 126 valence electrons. The minimum Gasteiger partial charge on any atom is -0.322 e. The predicted octanol–water partition coefficient (Wildman–Crippen LogP) is 3.91. The summed E-state index contributed by atoms with van der Waals surface area (Å²) in [6.45, 7) is 0.120. The molecule has 1 N–H and O–H groups in total. The Bertz CT molecular complexity index is 748. The van der Waals surface area contributed by atoms with Crippen molar-refractivity contribution in [2.24, 2.45) is 0 Å². The van der Waals surface area contributed by atoms with Crippen molar-refractivity contribution in [2.75, 3.05) is 18.9 Å². The number of carbonyl (C=O) groups excluding carboxylic acids is 1. The first-order chi connectivity index (χ1) is 11.5. The van der Waals surface area contributed by atoms with Crippen LogP contribution in [0.4, 0.5) is 14.5 Å². The average Bonchev–Trinajstić information content (AvgIpc) is 2.57. The summed E-state index contributed by atoms with van der Waals surface area (Å²) in [6, 6.07) is 11.4. The summed E-state index contributed by atoms with van der Waals surface area (Å²) in [5.74, 6) is -1.58. The Morgan fingerprint density at radius 2 is 2.04 bits per heavy atom. The van der Waals surface area contributed by atoms with Crippen molar-refractivity contribution >= 4 is 11.6 Å². The summed E-state index contributed by atoms with van der Waals surface area (Å²) < 4.78 is 26.8. The number of fused-ring (bicyclic) bond motifs is 1. The van der Waals surface area contributed by atoms with Crippen molar-refractivity contribution in [3.8, 4) is 0 Å². The molecule has 0 saturated carbocycles. The SMILES string of the molecule is CN(CC(=O)Nc1cc(F)ccc1F)C1CCCc2ccccc21. The fourth-order valence-electron chi connectivity index (χ4n) is 3.31. The summed E-state index contributed by atoms with van der Waals surface area (Å²) in [4.78, 5) is 14.2. The number of rotatable bonds is 4. The van der Waals surface area contributed by atoms with Gasteiger partial charge in [0.05, 0.1) is 12.2 Å². The van der Waals surface area contributed by atoms with Crippen LogP contribution in [0, 0.1) is 11.6 Å². The molecular weight excluding hydrogens is 310 g/mol. The van der Waals surface area contributed by atoms with Gasteiger partial charge in [0.15, 0.2) is 0 Å². The lowest BCUT2D eigenvalue weighted by Crippen LogP contribution is -2.35. The molecule has 2 aromatic carbocycles. The van der Waals surface area contributed by atoms with Gasteiger partial charge >= 0.3 is 0 Å². The molecule has 24 heavy (non-hydrogen) atoms. The van der Waals surface area contributed by atoms with Crippen LogP contribution in [0.5, 0.6) is 0 Å². The van der Waals surface area contributed by atoms with Gasteiger partial charge in [-0.1, -0.05) is 24.3 Å². The second kappa shape index (κ2) is 7.09. The van der Waals surface area contributed by atoms with Gasteiger partial charge in [0.1, 0.15) is 11.6 Å². The van der Waals surface area contributed by atoms with Gasteiger partial charge in [0.25, 0.3) is 0 Å². The fourth-order valence-corrected chi connectivity index (χ4v) is 3.31. The molecule has 0 spiro atoms. The number of hydrogen-bond donors (Lipinski definition) is 1. The maximum absolute atomic E-state index is 13.6. The van der Waals surface area contributed by atoms with Crippen LogP contribution in [0.3, 0.4) is 0 Å². The van der Waals surface area contributed by atoms with Gasteiger partial charge in [-0.3, -0.25) is 9.69 Å². The Balaban J connectivity index is 1.68. The van der Waals surface area contributed by atoms with E-state index in [-0.39, 0.29) is 24.2 Å². The van der Waals surface area contributed by atoms with Crippen molar-refractivity contribution in [1.29, 1.82) is 0 Å². The van der Waals surface area contributed by atoms with E-state index >= 15 is 0 Å². The second-order valence-electron chi connectivity index (χ2n) is 6.19. The molecule has 2 aromatic rings. The quantitative estimate of drug-likeness (QED) is 0.922. The third-order valence-corrected chi connectivity index (χ3v) is 4.47. The van der Waals surface area contributed by atoms with E-state index in [1.807, 2.05) is 24.1 Å². The fraction of sp³-hybridized carbons (Fsp3) is 0.316. The molecule has 1 atom stereocenters. The van der Waals surface area contributed by atoms with Crippen molar-refractivity contribution in [3.63, 3.8) is 0 Å². The number of nitrogens with one attached hydrogen (secondary N) is 1. The Hall–Kier alpha value is -2.27. The molecule has 1 aliphatic carbocycles. The van der Waals surface area contributed by atoms with Crippen LogP contribution in [0.25, 0.3) is 0 Å². The molecule has 3 rings (SSSR count). The highest BCUT2D eigenvalue weighted by molar-refractivity contribution is 5.92. The molecule has 0 radical (unpaired) electrons. The first kappa shape index (κ1) is 16.6. The molecule has 0 aromatic heterocycles. The maximum Gasteiger partial charge on any atom is 0.238 e. The largest absolute Gasteiger partial charge is 0.322 e. The van der Waals surface area contributed by atoms with Gasteiger partial charge in [-0.05, 0) is 49.6 Å². The van der Waals surface area contributed by atoms with Crippen LogP contribution in [0.15, 0.2) is 42.5 Å². The number of amides is 1. The lowest BCUT2D eigenvalue weighted by atomic mass is 9.87. The number of anilines is 1. The summed E-state index contributed by atoms with van der Waals surface area (Å²) in [5, 5.41) is 2.45. The van der Waals surface area contributed by atoms with Crippen LogP contribution < -0.4 is 5.32 Å². The molecule has 1 amide bonds. The van der Waals surface area contributed by atoms with Crippen LogP contribution in [-0.4, -0.2) is 24.4 Å². The van der Waals surface area contributed by atoms with Crippen molar-refractivity contribution < 1.29 is 13.6 Å². The molecule has 0 fully saturated rings. The average molecular weight is 330 g/mol. The highest BCUT2D eigenvalue weighted by Crippen LogP contribution is 2.33. The van der Waals surface area contributed by atoms with Crippen LogP contribution in [0.1, 0.15) is 30.0 Å². The molecule has 0 saturated heterocycles. The van der Waals surface area contributed by atoms with Gasteiger partial charge in [-0.15, -0.1) is 0 Å². The molecule has 3 nitrogen and oxygen atoms in total. The van der Waals surface area contributed by atoms with Crippen molar-refractivity contribution in [1.82, 2.24) is 4.90 Å². The summed E-state index contributed by atoms with van der Waals surface area (Å²) in [5.41, 5.74) is 2.44. The standard InChI is InChI=1S/C19H20F2N2O/c1-23(18-8-4-6-13-5-2-3-7-15(13)18)12-19(24)22-17-11-14(20)9-10-16(17)21/h2-3,5,7,9-11,18H,4,6,8,12H2,1H3,(H,22,24). The number of aryl methyl sites for hydroxylation is 1. The number of likely N-dealkylation sites (N-methyl/N-ethyl adjacent to an activating group) is 1. The van der Waals surface area contributed by atoms with Crippen LogP contribution in [-0.2, 0) is 11.2 Å². The summed E-state index contributed by atoms with van der Waals surface area (Å²) >= 11 is 0. The number of hydrogen-bond acceptors (Lipinski definition) is 2. The van der Waals surface area contributed by atoms with E-state index in [0.29, 0.717) is 0 Å². The number of halogens is 2. The Morgan fingerprint density at radius 1 is 1.25 bits per heavy atom. The molecule has 5 heteroatoms. The van der Waals surface area contributed by atoms with Gasteiger partial charge in [0, 0.05) is 12.1 Å². The lowest BCUT2D eigenvalue weighted by molar-refractivity contribution is -0.117. The van der Waals surface area contributed by atoms with E-state index in [1.165, 1.54) is 11.1 Å². The zero-order valence-electron chi connectivity index (χ0n) is 13.6. The summed E-state index contributed by atoms with van der Waals surface area (Å²) in [6.07, 6.45) is 3.11. The van der Waals surface area contributed by atoms with E-state index in [1.54, 1.807) is 0 Å². The predicted molar refractivity (Wildman–Crippen MR) is 89.7 cm³/mol. The van der Waals surface area contributed by atoms with Crippen LogP contribution in [0.2, 0.25) is 0 Å². The molecule has 1 unspecified atom stereocenters. The maximum atomic E-state index is 13.6. The first-order valence-electron chi connectivity index (χ1n) is 8.07. The van der Waals surface area contributed by atoms with Crippen molar-refractivity contribution in [2.45, 2.75) is 25.3 Å². The van der Waals surface area contributed by atoms with Gasteiger partial charge in [-0.25, -0.2) is 8.78 Å². The highest BCUT2D eigenvalue weighted by Gasteiger charge is 2.24. The Morgan fingerprint density at radius 3 is 2.88 bits per heavy atom. The van der Waals surface area contributed by atoms with Gasteiger partial charge in [0.2, 0.25) is 5.91 Å². The van der Waals surface area contributed by atoms with Gasteiger partial charge < -0.3 is 5.32 Å². The Labute approximate surface area is 140 Å².